The molecule has 2 aliphatic rings. The average molecular weight is 447 g/mol. The molecule has 1 saturated heterocycles. The van der Waals surface area contributed by atoms with E-state index in [4.69, 9.17) is 9.47 Å². The number of methoxy groups -OCH3 is 1. The van der Waals surface area contributed by atoms with Crippen LogP contribution in [-0.4, -0.2) is 29.9 Å². The number of hydrogen-bond acceptors (Lipinski definition) is 4. The van der Waals surface area contributed by atoms with E-state index in [0.29, 0.717) is 19.1 Å². The van der Waals surface area contributed by atoms with Gasteiger partial charge >= 0.3 is 0 Å². The molecule has 5 heteroatoms. The van der Waals surface area contributed by atoms with E-state index >= 15 is 0 Å². The number of pyridine rings is 1. The summed E-state index contributed by atoms with van der Waals surface area (Å²) in [5, 5.41) is 4.81. The summed E-state index contributed by atoms with van der Waals surface area (Å²) in [6.45, 7) is 6.17. The van der Waals surface area contributed by atoms with Gasteiger partial charge in [-0.2, -0.15) is 0 Å². The molecule has 174 valence electrons. The summed E-state index contributed by atoms with van der Waals surface area (Å²) < 4.78 is 13.1. The van der Waals surface area contributed by atoms with E-state index in [1.165, 1.54) is 17.5 Å². The number of hydrogen-bond donors (Lipinski definition) is 1. The van der Waals surface area contributed by atoms with E-state index in [1.807, 2.05) is 28.8 Å². The van der Waals surface area contributed by atoms with Crippen molar-refractivity contribution >= 4 is 10.9 Å². The molecule has 0 radical (unpaired) electrons. The second-order valence-corrected chi connectivity index (χ2v) is 10.1. The van der Waals surface area contributed by atoms with Crippen LogP contribution >= 0.6 is 0 Å². The molecule has 5 nitrogen and oxygen atoms in total. The predicted molar refractivity (Wildman–Crippen MR) is 132 cm³/mol. The summed E-state index contributed by atoms with van der Waals surface area (Å²) in [6.07, 6.45) is 5.36. The van der Waals surface area contributed by atoms with Gasteiger partial charge in [-0.05, 0) is 98.4 Å². The van der Waals surface area contributed by atoms with Crippen LogP contribution in [0.5, 0.6) is 5.75 Å². The molecule has 0 unspecified atom stereocenters. The van der Waals surface area contributed by atoms with Crippen LogP contribution in [0, 0.1) is 0 Å². The normalized spacial score (nSPS) is 19.5. The van der Waals surface area contributed by atoms with E-state index < -0.39 is 0 Å². The number of ether oxygens (including phenoxy) is 2. The van der Waals surface area contributed by atoms with Crippen molar-refractivity contribution < 1.29 is 9.47 Å². The van der Waals surface area contributed by atoms with Gasteiger partial charge in [0.25, 0.3) is 5.56 Å². The third-order valence-corrected chi connectivity index (χ3v) is 7.16. The fourth-order valence-corrected chi connectivity index (χ4v) is 5.37. The minimum atomic E-state index is -0.117. The largest absolute Gasteiger partial charge is 0.497 e. The highest BCUT2D eigenvalue weighted by atomic mass is 16.5. The van der Waals surface area contributed by atoms with Gasteiger partial charge in [-0.1, -0.05) is 12.1 Å². The topological polar surface area (TPSA) is 52.5 Å². The van der Waals surface area contributed by atoms with Gasteiger partial charge in [0.15, 0.2) is 0 Å². The van der Waals surface area contributed by atoms with E-state index in [0.717, 1.165) is 60.1 Å². The van der Waals surface area contributed by atoms with E-state index in [1.54, 1.807) is 7.11 Å². The van der Waals surface area contributed by atoms with Crippen molar-refractivity contribution in [2.45, 2.75) is 70.7 Å². The lowest BCUT2D eigenvalue weighted by molar-refractivity contribution is -0.0630. The lowest BCUT2D eigenvalue weighted by Crippen LogP contribution is -2.44. The molecule has 1 aliphatic carbocycles. The van der Waals surface area contributed by atoms with Crippen molar-refractivity contribution in [3.8, 4) is 5.75 Å². The van der Waals surface area contributed by atoms with Gasteiger partial charge in [0.2, 0.25) is 0 Å². The third-order valence-electron chi connectivity index (χ3n) is 7.16. The highest BCUT2D eigenvalue weighted by molar-refractivity contribution is 5.82. The Morgan fingerprint density at radius 1 is 1.12 bits per heavy atom. The quantitative estimate of drug-likeness (QED) is 0.602. The van der Waals surface area contributed by atoms with Gasteiger partial charge in [-0.15, -0.1) is 0 Å². The molecule has 5 rings (SSSR count). The summed E-state index contributed by atoms with van der Waals surface area (Å²) in [7, 11) is 1.67. The summed E-state index contributed by atoms with van der Waals surface area (Å²) in [5.74, 6) is 0.825. The predicted octanol–water partition coefficient (Wildman–Crippen LogP) is 4.59. The lowest BCUT2D eigenvalue weighted by Gasteiger charge is -2.36. The fourth-order valence-electron chi connectivity index (χ4n) is 5.37. The first-order chi connectivity index (χ1) is 15.9. The molecule has 1 aliphatic heterocycles. The molecule has 1 atom stereocenters. The smallest absolute Gasteiger partial charge is 0.255 e. The molecule has 1 fully saturated rings. The molecule has 2 heterocycles. The van der Waals surface area contributed by atoms with Crippen LogP contribution in [0.25, 0.3) is 10.9 Å². The number of nitrogens with zero attached hydrogens (tertiary/aromatic N) is 1. The first-order valence-corrected chi connectivity index (χ1v) is 12.1. The second-order valence-electron chi connectivity index (χ2n) is 10.1. The number of aryl methyl sites for hydroxylation is 2. The Morgan fingerprint density at radius 2 is 1.88 bits per heavy atom. The monoisotopic (exact) mass is 446 g/mol. The summed E-state index contributed by atoms with van der Waals surface area (Å²) in [5.41, 5.74) is 5.76. The number of fused-ring (bicyclic) bond motifs is 2. The van der Waals surface area contributed by atoms with Crippen molar-refractivity contribution in [3.05, 3.63) is 75.1 Å². The highest BCUT2D eigenvalue weighted by Crippen LogP contribution is 2.28. The molecule has 2 aromatic carbocycles. The first-order valence-electron chi connectivity index (χ1n) is 12.1. The molecule has 3 aromatic rings. The molecule has 0 saturated carbocycles. The van der Waals surface area contributed by atoms with E-state index in [2.05, 4.69) is 37.4 Å². The van der Waals surface area contributed by atoms with Gasteiger partial charge in [0, 0.05) is 24.8 Å². The van der Waals surface area contributed by atoms with Crippen LogP contribution in [0.15, 0.2) is 47.3 Å². The molecule has 1 N–H and O–H groups in total. The number of rotatable bonds is 6. The molecule has 0 spiro atoms. The summed E-state index contributed by atoms with van der Waals surface area (Å²) in [4.78, 5) is 13.7. The average Bonchev–Trinajstić information content (AvgIpc) is 3.26. The molecule has 0 bridgehead atoms. The minimum absolute atomic E-state index is 0.0927. The molecule has 33 heavy (non-hydrogen) atoms. The molecular formula is C28H34N2O3. The zero-order valence-corrected chi connectivity index (χ0v) is 19.9. The number of aromatic nitrogens is 1. The van der Waals surface area contributed by atoms with Crippen LogP contribution < -0.4 is 15.6 Å². The lowest BCUT2D eigenvalue weighted by atomic mass is 9.94. The Hall–Kier alpha value is -2.63. The number of benzene rings is 2. The van der Waals surface area contributed by atoms with Crippen molar-refractivity contribution in [3.63, 3.8) is 0 Å². The second kappa shape index (κ2) is 8.96. The Kier molecular flexibility index (Phi) is 6.02. The van der Waals surface area contributed by atoms with Gasteiger partial charge < -0.3 is 19.4 Å². The molecule has 1 aromatic heterocycles. The van der Waals surface area contributed by atoms with E-state index in [-0.39, 0.29) is 11.2 Å². The van der Waals surface area contributed by atoms with Gasteiger partial charge in [0.05, 0.1) is 24.8 Å². The van der Waals surface area contributed by atoms with Crippen LogP contribution in [0.4, 0.5) is 0 Å². The maximum atomic E-state index is 13.7. The maximum Gasteiger partial charge on any atom is 0.255 e. The fraction of sp³-hybridized carbons (Fsp3) is 0.464. The summed E-state index contributed by atoms with van der Waals surface area (Å²) in [6, 6.07) is 15.0. The Morgan fingerprint density at radius 3 is 2.61 bits per heavy atom. The summed E-state index contributed by atoms with van der Waals surface area (Å²) >= 11 is 0. The standard InChI is InChI=1S/C28H34N2O3/c1-28(2)16-24(11-12-33-28)29-17-23-14-22-13-20-5-4-6-21(20)15-26(22)30(27(23)31)18-19-7-9-25(32-3)10-8-19/h7-10,13-15,24,29H,4-6,11-12,16-18H2,1-3H3/t24-/m1/s1. The Bertz CT molecular complexity index is 1210. The minimum Gasteiger partial charge on any atom is -0.497 e. The third kappa shape index (κ3) is 4.71. The van der Waals surface area contributed by atoms with Crippen LogP contribution in [0.1, 0.15) is 55.4 Å². The van der Waals surface area contributed by atoms with Crippen LogP contribution in [0.2, 0.25) is 0 Å². The van der Waals surface area contributed by atoms with Gasteiger partial charge in [-0.25, -0.2) is 0 Å². The van der Waals surface area contributed by atoms with Gasteiger partial charge in [0.1, 0.15) is 5.75 Å². The molecular weight excluding hydrogens is 412 g/mol. The molecule has 0 amide bonds. The Labute approximate surface area is 195 Å². The van der Waals surface area contributed by atoms with Crippen molar-refractivity contribution in [2.75, 3.05) is 13.7 Å². The van der Waals surface area contributed by atoms with Gasteiger partial charge in [-0.3, -0.25) is 4.79 Å². The number of nitrogens with one attached hydrogen (secondary N) is 1. The van der Waals surface area contributed by atoms with Crippen molar-refractivity contribution in [2.24, 2.45) is 0 Å². The maximum absolute atomic E-state index is 13.7. The van der Waals surface area contributed by atoms with Crippen LogP contribution in [-0.2, 0) is 30.7 Å². The zero-order chi connectivity index (χ0) is 23.0. The van der Waals surface area contributed by atoms with Crippen LogP contribution in [0.3, 0.4) is 0 Å². The van der Waals surface area contributed by atoms with Crippen molar-refractivity contribution in [1.29, 1.82) is 0 Å². The SMILES string of the molecule is COc1ccc(Cn2c(=O)c(CN[C@@H]3CCOC(C)(C)C3)cc3cc4c(cc32)CCC4)cc1. The Balaban J connectivity index is 1.50. The van der Waals surface area contributed by atoms with Crippen molar-refractivity contribution in [1.82, 2.24) is 9.88 Å². The van der Waals surface area contributed by atoms with E-state index in [9.17, 15) is 4.79 Å². The first kappa shape index (κ1) is 22.2. The highest BCUT2D eigenvalue weighted by Gasteiger charge is 2.28. The zero-order valence-electron chi connectivity index (χ0n) is 19.9.